The average Bonchev–Trinajstić information content (AvgIpc) is 3.11. The van der Waals surface area contributed by atoms with E-state index < -0.39 is 5.97 Å². The van der Waals surface area contributed by atoms with E-state index in [-0.39, 0.29) is 12.3 Å². The monoisotopic (exact) mass is 365 g/mol. The zero-order chi connectivity index (χ0) is 18.8. The fourth-order valence-corrected chi connectivity index (χ4v) is 3.97. The molecule has 2 N–H and O–H groups in total. The van der Waals surface area contributed by atoms with Crippen molar-refractivity contribution < 1.29 is 14.4 Å². The normalized spacial score (nSPS) is 16.9. The summed E-state index contributed by atoms with van der Waals surface area (Å²) in [6, 6.07) is 0.447. The van der Waals surface area contributed by atoms with E-state index in [2.05, 4.69) is 29.3 Å². The number of aliphatic carboxylic acids is 1. The standard InChI is InChI=1S/C20H35N3O3/c1-3-17(4-2)21-14-18-22-20(26-23-18)16(13-19(24)25)12-8-11-15-9-6-5-7-10-15/h15-17,21H,3-14H2,1-2H3,(H,24,25). The summed E-state index contributed by atoms with van der Waals surface area (Å²) in [5.74, 6) is 0.941. The maximum absolute atomic E-state index is 11.2. The molecule has 0 aliphatic heterocycles. The number of hydrogen-bond donors (Lipinski definition) is 2. The molecule has 2 rings (SSSR count). The van der Waals surface area contributed by atoms with Gasteiger partial charge in [-0.2, -0.15) is 4.98 Å². The lowest BCUT2D eigenvalue weighted by atomic mass is 9.84. The second-order valence-electron chi connectivity index (χ2n) is 7.67. The Morgan fingerprint density at radius 1 is 1.27 bits per heavy atom. The van der Waals surface area contributed by atoms with Crippen molar-refractivity contribution in [1.29, 1.82) is 0 Å². The molecule has 148 valence electrons. The molecule has 0 amide bonds. The summed E-state index contributed by atoms with van der Waals surface area (Å²) in [6.45, 7) is 4.87. The van der Waals surface area contributed by atoms with Gasteiger partial charge in [0.25, 0.3) is 0 Å². The number of hydrogen-bond acceptors (Lipinski definition) is 5. The third-order valence-electron chi connectivity index (χ3n) is 5.68. The van der Waals surface area contributed by atoms with Crippen LogP contribution in [-0.4, -0.2) is 27.3 Å². The molecule has 1 aromatic rings. The number of carboxylic acid groups (broad SMARTS) is 1. The highest BCUT2D eigenvalue weighted by molar-refractivity contribution is 5.67. The third-order valence-corrected chi connectivity index (χ3v) is 5.68. The van der Waals surface area contributed by atoms with E-state index in [1.165, 1.54) is 38.5 Å². The van der Waals surface area contributed by atoms with Crippen LogP contribution in [0.4, 0.5) is 0 Å². The summed E-state index contributed by atoms with van der Waals surface area (Å²) in [5.41, 5.74) is 0. The quantitative estimate of drug-likeness (QED) is 0.560. The Kier molecular flexibility index (Phi) is 9.09. The van der Waals surface area contributed by atoms with Crippen molar-refractivity contribution in [2.24, 2.45) is 5.92 Å². The van der Waals surface area contributed by atoms with E-state index in [9.17, 15) is 9.90 Å². The van der Waals surface area contributed by atoms with Crippen LogP contribution in [-0.2, 0) is 11.3 Å². The van der Waals surface area contributed by atoms with E-state index in [0.717, 1.165) is 31.6 Å². The topological polar surface area (TPSA) is 88.2 Å². The van der Waals surface area contributed by atoms with Gasteiger partial charge >= 0.3 is 5.97 Å². The first kappa shape index (κ1) is 20.9. The lowest BCUT2D eigenvalue weighted by molar-refractivity contribution is -0.137. The van der Waals surface area contributed by atoms with Crippen molar-refractivity contribution in [2.75, 3.05) is 0 Å². The Bertz CT molecular complexity index is 522. The largest absolute Gasteiger partial charge is 0.481 e. The zero-order valence-corrected chi connectivity index (χ0v) is 16.4. The number of nitrogens with zero attached hydrogens (tertiary/aromatic N) is 2. The zero-order valence-electron chi connectivity index (χ0n) is 16.4. The summed E-state index contributed by atoms with van der Waals surface area (Å²) in [5, 5.41) is 16.7. The van der Waals surface area contributed by atoms with Gasteiger partial charge in [-0.3, -0.25) is 4.79 Å². The van der Waals surface area contributed by atoms with Gasteiger partial charge in [0, 0.05) is 12.0 Å². The molecule has 0 radical (unpaired) electrons. The molecule has 1 atom stereocenters. The molecule has 6 heteroatoms. The highest BCUT2D eigenvalue weighted by Crippen LogP contribution is 2.31. The molecule has 1 heterocycles. The van der Waals surface area contributed by atoms with Gasteiger partial charge in [-0.25, -0.2) is 0 Å². The molecule has 1 aromatic heterocycles. The van der Waals surface area contributed by atoms with Crippen LogP contribution in [0.2, 0.25) is 0 Å². The maximum Gasteiger partial charge on any atom is 0.304 e. The first-order chi connectivity index (χ1) is 12.6. The molecule has 0 spiro atoms. The number of carboxylic acids is 1. The van der Waals surface area contributed by atoms with E-state index >= 15 is 0 Å². The highest BCUT2D eigenvalue weighted by Gasteiger charge is 2.23. The predicted octanol–water partition coefficient (Wildman–Crippen LogP) is 4.66. The molecule has 0 aromatic carbocycles. The number of nitrogens with one attached hydrogen (secondary N) is 1. The molecule has 0 bridgehead atoms. The molecule has 0 saturated heterocycles. The molecular weight excluding hydrogens is 330 g/mol. The molecule has 1 fully saturated rings. The Morgan fingerprint density at radius 3 is 2.65 bits per heavy atom. The fraction of sp³-hybridized carbons (Fsp3) is 0.850. The van der Waals surface area contributed by atoms with Gasteiger partial charge in [0.05, 0.1) is 13.0 Å². The summed E-state index contributed by atoms with van der Waals surface area (Å²) in [6.07, 6.45) is 11.9. The van der Waals surface area contributed by atoms with Crippen molar-refractivity contribution in [3.8, 4) is 0 Å². The number of rotatable bonds is 12. The number of aromatic nitrogens is 2. The van der Waals surface area contributed by atoms with Crippen LogP contribution < -0.4 is 5.32 Å². The minimum Gasteiger partial charge on any atom is -0.481 e. The van der Waals surface area contributed by atoms with E-state index in [1.807, 2.05) is 0 Å². The number of carbonyl (C=O) groups is 1. The lowest BCUT2D eigenvalue weighted by Crippen LogP contribution is -2.27. The van der Waals surface area contributed by atoms with E-state index in [4.69, 9.17) is 4.52 Å². The summed E-state index contributed by atoms with van der Waals surface area (Å²) in [4.78, 5) is 15.7. The molecular formula is C20H35N3O3. The molecule has 26 heavy (non-hydrogen) atoms. The average molecular weight is 366 g/mol. The highest BCUT2D eigenvalue weighted by atomic mass is 16.5. The van der Waals surface area contributed by atoms with Gasteiger partial charge in [0.2, 0.25) is 5.89 Å². The minimum absolute atomic E-state index is 0.0618. The first-order valence-electron chi connectivity index (χ1n) is 10.4. The SMILES string of the molecule is CCC(CC)NCc1noc(C(CCCC2CCCCC2)CC(=O)O)n1. The maximum atomic E-state index is 11.2. The van der Waals surface area contributed by atoms with Gasteiger partial charge in [-0.05, 0) is 25.2 Å². The van der Waals surface area contributed by atoms with Crippen molar-refractivity contribution in [2.45, 2.75) is 103 Å². The van der Waals surface area contributed by atoms with Crippen LogP contribution in [0, 0.1) is 5.92 Å². The smallest absolute Gasteiger partial charge is 0.304 e. The van der Waals surface area contributed by atoms with Crippen LogP contribution in [0.5, 0.6) is 0 Å². The minimum atomic E-state index is -0.803. The van der Waals surface area contributed by atoms with Crippen molar-refractivity contribution in [3.63, 3.8) is 0 Å². The molecule has 1 aliphatic rings. The molecule has 1 unspecified atom stereocenters. The van der Waals surface area contributed by atoms with Crippen molar-refractivity contribution >= 4 is 5.97 Å². The van der Waals surface area contributed by atoms with Crippen LogP contribution in [0.15, 0.2) is 4.52 Å². The van der Waals surface area contributed by atoms with Gasteiger partial charge in [0.15, 0.2) is 5.82 Å². The second-order valence-corrected chi connectivity index (χ2v) is 7.67. The van der Waals surface area contributed by atoms with Gasteiger partial charge < -0.3 is 14.9 Å². The van der Waals surface area contributed by atoms with Gasteiger partial charge in [-0.1, -0.05) is 63.9 Å². The van der Waals surface area contributed by atoms with Crippen molar-refractivity contribution in [1.82, 2.24) is 15.5 Å². The summed E-state index contributed by atoms with van der Waals surface area (Å²) >= 11 is 0. The van der Waals surface area contributed by atoms with Crippen LogP contribution in [0.1, 0.15) is 102 Å². The summed E-state index contributed by atoms with van der Waals surface area (Å²) in [7, 11) is 0. The first-order valence-corrected chi connectivity index (χ1v) is 10.4. The fourth-order valence-electron chi connectivity index (χ4n) is 3.97. The third kappa shape index (κ3) is 7.06. The van der Waals surface area contributed by atoms with E-state index in [0.29, 0.717) is 24.3 Å². The van der Waals surface area contributed by atoms with Crippen LogP contribution in [0.3, 0.4) is 0 Å². The Hall–Kier alpha value is -1.43. The Morgan fingerprint density at radius 2 is 2.00 bits per heavy atom. The van der Waals surface area contributed by atoms with Crippen molar-refractivity contribution in [3.05, 3.63) is 11.7 Å². The predicted molar refractivity (Wildman–Crippen MR) is 101 cm³/mol. The Labute approximate surface area is 157 Å². The summed E-state index contributed by atoms with van der Waals surface area (Å²) < 4.78 is 5.41. The molecule has 1 aliphatic carbocycles. The van der Waals surface area contributed by atoms with E-state index in [1.54, 1.807) is 0 Å². The second kappa shape index (κ2) is 11.3. The van der Waals surface area contributed by atoms with Crippen LogP contribution in [0.25, 0.3) is 0 Å². The van der Waals surface area contributed by atoms with Gasteiger partial charge in [0.1, 0.15) is 0 Å². The van der Waals surface area contributed by atoms with Gasteiger partial charge in [-0.15, -0.1) is 0 Å². The van der Waals surface area contributed by atoms with Crippen LogP contribution >= 0.6 is 0 Å². The lowest BCUT2D eigenvalue weighted by Gasteiger charge is -2.21. The molecule has 1 saturated carbocycles. The Balaban J connectivity index is 1.86. The molecule has 6 nitrogen and oxygen atoms in total.